The monoisotopic (exact) mass is 336 g/mol. The molecule has 0 fully saturated rings. The number of nitrogens with two attached hydrogens (primary N) is 1. The summed E-state index contributed by atoms with van der Waals surface area (Å²) in [6.07, 6.45) is 7.11. The van der Waals surface area contributed by atoms with Crippen LogP contribution in [-0.2, 0) is 0 Å². The Morgan fingerprint density at radius 2 is 1.88 bits per heavy atom. The molecule has 0 spiro atoms. The fourth-order valence-electron chi connectivity index (χ4n) is 2.34. The number of hydrogen-bond acceptors (Lipinski definition) is 3. The predicted octanol–water partition coefficient (Wildman–Crippen LogP) is 5.53. The van der Waals surface area contributed by atoms with E-state index in [2.05, 4.69) is 16.6 Å². The van der Waals surface area contributed by atoms with Gasteiger partial charge in [0, 0.05) is 35.1 Å². The first-order chi connectivity index (χ1) is 12.2. The number of rotatable bonds is 3. The van der Waals surface area contributed by atoms with Crippen LogP contribution in [0, 0.1) is 6.92 Å². The Labute approximate surface area is 150 Å². The second kappa shape index (κ2) is 10.1. The molecule has 4 heteroatoms. The van der Waals surface area contributed by atoms with E-state index in [4.69, 9.17) is 5.73 Å². The predicted molar refractivity (Wildman–Crippen MR) is 111 cm³/mol. The smallest absolute Gasteiger partial charge is 0.137 e. The van der Waals surface area contributed by atoms with E-state index >= 15 is 0 Å². The first-order valence-corrected chi connectivity index (χ1v) is 8.67. The van der Waals surface area contributed by atoms with Crippen LogP contribution in [0.2, 0.25) is 0 Å². The number of pyridine rings is 1. The third-order valence-electron chi connectivity index (χ3n) is 3.47. The molecule has 0 amide bonds. The number of anilines is 1. The van der Waals surface area contributed by atoms with Crippen molar-refractivity contribution < 1.29 is 0 Å². The van der Waals surface area contributed by atoms with E-state index in [1.807, 2.05) is 81.9 Å². The van der Waals surface area contributed by atoms with Gasteiger partial charge >= 0.3 is 0 Å². The summed E-state index contributed by atoms with van der Waals surface area (Å²) in [4.78, 5) is 8.63. The normalized spacial score (nSPS) is 9.96. The lowest BCUT2D eigenvalue weighted by Crippen LogP contribution is -2.02. The van der Waals surface area contributed by atoms with E-state index in [1.54, 1.807) is 6.21 Å². The highest BCUT2D eigenvalue weighted by Crippen LogP contribution is 2.23. The van der Waals surface area contributed by atoms with Gasteiger partial charge in [-0.25, -0.2) is 4.98 Å². The van der Waals surface area contributed by atoms with Gasteiger partial charge in [0.1, 0.15) is 5.82 Å². The minimum absolute atomic E-state index is 0.751. The average Bonchev–Trinajstić information content (AvgIpc) is 3.04. The zero-order valence-electron chi connectivity index (χ0n) is 15.8. The lowest BCUT2D eigenvalue weighted by atomic mass is 10.1. The summed E-state index contributed by atoms with van der Waals surface area (Å²) in [5, 5.41) is 2.03. The summed E-state index contributed by atoms with van der Waals surface area (Å²) in [5.74, 6) is 0.819. The molecule has 3 rings (SSSR count). The van der Waals surface area contributed by atoms with Crippen LogP contribution in [0.5, 0.6) is 0 Å². The molecule has 2 aromatic heterocycles. The van der Waals surface area contributed by atoms with Crippen LogP contribution in [0.15, 0.2) is 60.5 Å². The summed E-state index contributed by atoms with van der Waals surface area (Å²) in [5.41, 5.74) is 8.91. The maximum absolute atomic E-state index is 6.05. The Balaban J connectivity index is 0.000000730. The lowest BCUT2D eigenvalue weighted by molar-refractivity contribution is 1.00. The third-order valence-corrected chi connectivity index (χ3v) is 3.47. The Bertz CT molecular complexity index is 844. The summed E-state index contributed by atoms with van der Waals surface area (Å²) in [6.45, 7) is 13.6. The second-order valence-electron chi connectivity index (χ2n) is 4.83. The minimum atomic E-state index is 0.751. The van der Waals surface area contributed by atoms with Gasteiger partial charge in [0.15, 0.2) is 0 Å². The highest BCUT2D eigenvalue weighted by molar-refractivity contribution is 5.93. The molecule has 0 saturated heterocycles. The fourth-order valence-corrected chi connectivity index (χ4v) is 2.34. The van der Waals surface area contributed by atoms with E-state index in [1.165, 1.54) is 6.20 Å². The SMILES string of the molecule is C=CN=Cc1c(C)ccn1-c1cc2c(N)cccc2cn1.CC.CC. The van der Waals surface area contributed by atoms with Crippen molar-refractivity contribution in [1.29, 1.82) is 0 Å². The highest BCUT2D eigenvalue weighted by atomic mass is 15.1. The number of aliphatic imine (C=N–C) groups is 1. The molecule has 2 heterocycles. The quantitative estimate of drug-likeness (QED) is 0.505. The Morgan fingerprint density at radius 1 is 1.16 bits per heavy atom. The van der Waals surface area contributed by atoms with Crippen LogP contribution < -0.4 is 5.73 Å². The number of fused-ring (bicyclic) bond motifs is 1. The first-order valence-electron chi connectivity index (χ1n) is 8.67. The molecule has 0 unspecified atom stereocenters. The molecule has 4 nitrogen and oxygen atoms in total. The van der Waals surface area contributed by atoms with Gasteiger partial charge in [-0.05, 0) is 30.7 Å². The van der Waals surface area contributed by atoms with Gasteiger partial charge in [-0.3, -0.25) is 9.56 Å². The number of benzene rings is 1. The number of nitrogen functional groups attached to an aromatic ring is 1. The van der Waals surface area contributed by atoms with E-state index in [9.17, 15) is 0 Å². The maximum atomic E-state index is 6.05. The van der Waals surface area contributed by atoms with Crippen molar-refractivity contribution in [3.8, 4) is 5.82 Å². The van der Waals surface area contributed by atoms with Crippen molar-refractivity contribution >= 4 is 22.7 Å². The molecule has 0 aliphatic heterocycles. The van der Waals surface area contributed by atoms with E-state index in [0.717, 1.165) is 33.5 Å². The molecule has 25 heavy (non-hydrogen) atoms. The molecule has 0 aliphatic carbocycles. The summed E-state index contributed by atoms with van der Waals surface area (Å²) in [6, 6.07) is 9.86. The Hall–Kier alpha value is -2.88. The van der Waals surface area contributed by atoms with Crippen molar-refractivity contribution in [2.24, 2.45) is 4.99 Å². The molecule has 132 valence electrons. The zero-order valence-corrected chi connectivity index (χ0v) is 15.8. The lowest BCUT2D eigenvalue weighted by Gasteiger charge is -2.08. The van der Waals surface area contributed by atoms with Gasteiger partial charge in [0.05, 0.1) is 11.9 Å². The number of aromatic nitrogens is 2. The minimum Gasteiger partial charge on any atom is -0.398 e. The van der Waals surface area contributed by atoms with Crippen LogP contribution in [0.3, 0.4) is 0 Å². The average molecular weight is 336 g/mol. The van der Waals surface area contributed by atoms with E-state index < -0.39 is 0 Å². The van der Waals surface area contributed by atoms with Crippen molar-refractivity contribution in [2.75, 3.05) is 5.73 Å². The molecule has 2 N–H and O–H groups in total. The summed E-state index contributed by atoms with van der Waals surface area (Å²) >= 11 is 0. The summed E-state index contributed by atoms with van der Waals surface area (Å²) in [7, 11) is 0. The van der Waals surface area contributed by atoms with Gasteiger partial charge in [0.2, 0.25) is 0 Å². The molecule has 0 atom stereocenters. The van der Waals surface area contributed by atoms with Gasteiger partial charge in [-0.2, -0.15) is 0 Å². The molecule has 0 aliphatic rings. The van der Waals surface area contributed by atoms with Gasteiger partial charge in [-0.15, -0.1) is 0 Å². The van der Waals surface area contributed by atoms with Crippen molar-refractivity contribution in [2.45, 2.75) is 34.6 Å². The van der Waals surface area contributed by atoms with Crippen LogP contribution in [0.25, 0.3) is 16.6 Å². The van der Waals surface area contributed by atoms with E-state index in [-0.39, 0.29) is 0 Å². The molecule has 0 bridgehead atoms. The number of nitrogens with zero attached hydrogens (tertiary/aromatic N) is 3. The van der Waals surface area contributed by atoms with E-state index in [0.29, 0.717) is 0 Å². The van der Waals surface area contributed by atoms with Gasteiger partial charge in [-0.1, -0.05) is 46.4 Å². The van der Waals surface area contributed by atoms with Crippen LogP contribution in [0.4, 0.5) is 5.69 Å². The highest BCUT2D eigenvalue weighted by Gasteiger charge is 2.08. The zero-order chi connectivity index (χ0) is 18.8. The molecule has 3 aromatic rings. The molecule has 0 saturated carbocycles. The third kappa shape index (κ3) is 4.57. The molecular weight excluding hydrogens is 308 g/mol. The van der Waals surface area contributed by atoms with Crippen LogP contribution in [-0.4, -0.2) is 15.8 Å². The van der Waals surface area contributed by atoms with Crippen molar-refractivity contribution in [1.82, 2.24) is 9.55 Å². The van der Waals surface area contributed by atoms with Crippen molar-refractivity contribution in [3.05, 3.63) is 66.8 Å². The van der Waals surface area contributed by atoms with Crippen LogP contribution in [0.1, 0.15) is 39.0 Å². The molecule has 1 aromatic carbocycles. The molecule has 0 radical (unpaired) electrons. The molecular formula is C21H28N4. The Kier molecular flexibility index (Phi) is 8.13. The van der Waals surface area contributed by atoms with Crippen LogP contribution >= 0.6 is 0 Å². The van der Waals surface area contributed by atoms with Crippen molar-refractivity contribution in [3.63, 3.8) is 0 Å². The second-order valence-corrected chi connectivity index (χ2v) is 4.83. The Morgan fingerprint density at radius 3 is 2.56 bits per heavy atom. The fraction of sp³-hybridized carbons (Fsp3) is 0.238. The van der Waals surface area contributed by atoms with Gasteiger partial charge < -0.3 is 5.73 Å². The summed E-state index contributed by atoms with van der Waals surface area (Å²) < 4.78 is 1.99. The van der Waals surface area contributed by atoms with Gasteiger partial charge in [0.25, 0.3) is 0 Å². The number of hydrogen-bond donors (Lipinski definition) is 1. The largest absolute Gasteiger partial charge is 0.398 e. The first kappa shape index (κ1) is 20.2. The number of aryl methyl sites for hydroxylation is 1. The maximum Gasteiger partial charge on any atom is 0.137 e. The standard InChI is InChI=1S/C17H16N4.2C2H6/c1-3-19-11-16-12(2)7-8-21(16)17-9-14-13(10-20-17)5-4-6-15(14)18;2*1-2/h3-11H,1,18H2,2H3;2*1-2H3. The topological polar surface area (TPSA) is 56.2 Å².